The molecule has 1 atom stereocenters. The fourth-order valence-corrected chi connectivity index (χ4v) is 3.40. The molecular weight excluding hydrogens is 364 g/mol. The quantitative estimate of drug-likeness (QED) is 0.801. The lowest BCUT2D eigenvalue weighted by atomic mass is 10.3. The molecule has 0 bridgehead atoms. The van der Waals surface area contributed by atoms with Crippen molar-refractivity contribution in [1.82, 2.24) is 14.8 Å². The van der Waals surface area contributed by atoms with Crippen LogP contribution in [0.2, 0.25) is 0 Å². The van der Waals surface area contributed by atoms with Crippen molar-refractivity contribution in [2.45, 2.75) is 43.1 Å². The van der Waals surface area contributed by atoms with E-state index >= 15 is 0 Å². The highest BCUT2D eigenvalue weighted by atomic mass is 79.9. The highest BCUT2D eigenvalue weighted by Crippen LogP contribution is 2.39. The summed E-state index contributed by atoms with van der Waals surface area (Å²) in [4.78, 5) is 12.3. The zero-order chi connectivity index (χ0) is 15.7. The Labute approximate surface area is 142 Å². The number of hydrogen-bond donors (Lipinski definition) is 1. The summed E-state index contributed by atoms with van der Waals surface area (Å²) >= 11 is 4.84. The Bertz CT molecular complexity index is 681. The summed E-state index contributed by atoms with van der Waals surface area (Å²) in [5.74, 6) is 0.890. The Morgan fingerprint density at radius 3 is 2.68 bits per heavy atom. The number of carbonyl (C=O) groups is 1. The Morgan fingerprint density at radius 1 is 1.36 bits per heavy atom. The highest BCUT2D eigenvalue weighted by molar-refractivity contribution is 9.10. The number of amides is 1. The Hall–Kier alpha value is -1.34. The maximum absolute atomic E-state index is 12.3. The topological polar surface area (TPSA) is 59.8 Å². The molecule has 3 rings (SSSR count). The fraction of sp³-hybridized carbons (Fsp3) is 0.400. The zero-order valence-electron chi connectivity index (χ0n) is 12.4. The van der Waals surface area contributed by atoms with Crippen molar-refractivity contribution in [2.75, 3.05) is 5.32 Å². The first kappa shape index (κ1) is 15.6. The first-order chi connectivity index (χ1) is 10.5. The molecule has 2 aromatic rings. The Kier molecular flexibility index (Phi) is 4.54. The number of thioether (sulfide) groups is 1. The fourth-order valence-electron chi connectivity index (χ4n) is 2.17. The van der Waals surface area contributed by atoms with E-state index in [4.69, 9.17) is 0 Å². The molecule has 1 N–H and O–H groups in total. The van der Waals surface area contributed by atoms with Gasteiger partial charge in [0.05, 0.1) is 5.25 Å². The van der Waals surface area contributed by atoms with Gasteiger partial charge in [-0.25, -0.2) is 0 Å². The van der Waals surface area contributed by atoms with Gasteiger partial charge in [0.2, 0.25) is 5.91 Å². The molecule has 7 heteroatoms. The molecule has 1 aliphatic rings. The molecular formula is C15H17BrN4OS. The molecule has 116 valence electrons. The third-order valence-corrected chi connectivity index (χ3v) is 5.10. The minimum absolute atomic E-state index is 0.0321. The summed E-state index contributed by atoms with van der Waals surface area (Å²) in [7, 11) is 0. The summed E-state index contributed by atoms with van der Waals surface area (Å²) < 4.78 is 3.13. The summed E-state index contributed by atoms with van der Waals surface area (Å²) in [5, 5.41) is 11.9. The number of carbonyl (C=O) groups excluding carboxylic acids is 1. The molecule has 0 aliphatic heterocycles. The van der Waals surface area contributed by atoms with Gasteiger partial charge < -0.3 is 9.88 Å². The van der Waals surface area contributed by atoms with Crippen molar-refractivity contribution in [3.05, 3.63) is 34.6 Å². The molecule has 1 aromatic carbocycles. The third-order valence-electron chi connectivity index (χ3n) is 3.51. The zero-order valence-corrected chi connectivity index (χ0v) is 14.8. The molecule has 1 saturated carbocycles. The first-order valence-corrected chi connectivity index (χ1v) is 8.86. The van der Waals surface area contributed by atoms with Gasteiger partial charge >= 0.3 is 0 Å². The van der Waals surface area contributed by atoms with Crippen LogP contribution in [0.25, 0.3) is 0 Å². The summed E-state index contributed by atoms with van der Waals surface area (Å²) in [5.41, 5.74) is 0.792. The van der Waals surface area contributed by atoms with Gasteiger partial charge in [-0.3, -0.25) is 4.79 Å². The molecule has 0 saturated heterocycles. The van der Waals surface area contributed by atoms with Crippen molar-refractivity contribution in [1.29, 1.82) is 0 Å². The van der Waals surface area contributed by atoms with Crippen molar-refractivity contribution < 1.29 is 4.79 Å². The lowest BCUT2D eigenvalue weighted by molar-refractivity contribution is -0.115. The number of aromatic nitrogens is 3. The predicted octanol–water partition coefficient (Wildman–Crippen LogP) is 3.80. The van der Waals surface area contributed by atoms with Gasteiger partial charge in [0.25, 0.3) is 0 Å². The number of anilines is 1. The number of hydrogen-bond acceptors (Lipinski definition) is 4. The van der Waals surface area contributed by atoms with E-state index in [2.05, 4.69) is 36.0 Å². The highest BCUT2D eigenvalue weighted by Gasteiger charge is 2.29. The smallest absolute Gasteiger partial charge is 0.237 e. The number of aryl methyl sites for hydroxylation is 1. The van der Waals surface area contributed by atoms with Crippen molar-refractivity contribution in [3.8, 4) is 0 Å². The maximum Gasteiger partial charge on any atom is 0.237 e. The molecule has 1 fully saturated rings. The minimum Gasteiger partial charge on any atom is -0.325 e. The second kappa shape index (κ2) is 6.42. The monoisotopic (exact) mass is 380 g/mol. The first-order valence-electron chi connectivity index (χ1n) is 7.19. The van der Waals surface area contributed by atoms with E-state index in [-0.39, 0.29) is 11.2 Å². The summed E-state index contributed by atoms with van der Waals surface area (Å²) in [6.07, 6.45) is 2.35. The third kappa shape index (κ3) is 3.52. The second-order valence-electron chi connectivity index (χ2n) is 5.39. The van der Waals surface area contributed by atoms with Gasteiger partial charge in [0, 0.05) is 16.2 Å². The number of benzene rings is 1. The van der Waals surface area contributed by atoms with Crippen LogP contribution >= 0.6 is 27.7 Å². The van der Waals surface area contributed by atoms with Crippen molar-refractivity contribution >= 4 is 39.3 Å². The predicted molar refractivity (Wildman–Crippen MR) is 91.1 cm³/mol. The number of rotatable bonds is 5. The van der Waals surface area contributed by atoms with E-state index in [9.17, 15) is 4.79 Å². The number of nitrogens with one attached hydrogen (secondary N) is 1. The number of halogens is 1. The minimum atomic E-state index is -0.232. The Balaban J connectivity index is 1.65. The van der Waals surface area contributed by atoms with Gasteiger partial charge in [-0.15, -0.1) is 10.2 Å². The summed E-state index contributed by atoms with van der Waals surface area (Å²) in [6.45, 7) is 3.85. The normalized spacial score (nSPS) is 15.6. The van der Waals surface area contributed by atoms with Crippen LogP contribution in [0.5, 0.6) is 0 Å². The largest absolute Gasteiger partial charge is 0.325 e. The van der Waals surface area contributed by atoms with Gasteiger partial charge in [-0.2, -0.15) is 0 Å². The molecule has 5 nitrogen and oxygen atoms in total. The standard InChI is InChI=1S/C15H17BrN4OS/c1-9(14(21)17-12-5-3-11(16)4-6-12)22-15-19-18-10(2)20(15)13-7-8-13/h3-6,9,13H,7-8H2,1-2H3,(H,17,21)/t9-/m1/s1. The van der Waals surface area contributed by atoms with E-state index in [0.717, 1.165) is 21.1 Å². The Morgan fingerprint density at radius 2 is 2.05 bits per heavy atom. The van der Waals surface area contributed by atoms with Crippen LogP contribution in [0.4, 0.5) is 5.69 Å². The lowest BCUT2D eigenvalue weighted by Crippen LogP contribution is -2.22. The van der Waals surface area contributed by atoms with Crippen LogP contribution in [-0.4, -0.2) is 25.9 Å². The van der Waals surface area contributed by atoms with Crippen molar-refractivity contribution in [3.63, 3.8) is 0 Å². The van der Waals surface area contributed by atoms with E-state index in [1.165, 1.54) is 24.6 Å². The second-order valence-corrected chi connectivity index (χ2v) is 7.61. The van der Waals surface area contributed by atoms with Crippen LogP contribution in [0.1, 0.15) is 31.6 Å². The average molecular weight is 381 g/mol. The van der Waals surface area contributed by atoms with Crippen LogP contribution < -0.4 is 5.32 Å². The van der Waals surface area contributed by atoms with Crippen molar-refractivity contribution in [2.24, 2.45) is 0 Å². The molecule has 1 aliphatic carbocycles. The van der Waals surface area contributed by atoms with Gasteiger partial charge in [0.1, 0.15) is 5.82 Å². The van der Waals surface area contributed by atoms with E-state index in [1.807, 2.05) is 38.1 Å². The van der Waals surface area contributed by atoms with Gasteiger partial charge in [-0.1, -0.05) is 27.7 Å². The molecule has 1 heterocycles. The average Bonchev–Trinajstić information content (AvgIpc) is 3.26. The molecule has 0 spiro atoms. The molecule has 0 radical (unpaired) electrons. The number of nitrogens with zero attached hydrogens (tertiary/aromatic N) is 3. The lowest BCUT2D eigenvalue weighted by Gasteiger charge is -2.12. The van der Waals surface area contributed by atoms with E-state index in [1.54, 1.807) is 0 Å². The summed E-state index contributed by atoms with van der Waals surface area (Å²) in [6, 6.07) is 8.06. The van der Waals surface area contributed by atoms with Crippen LogP contribution in [0, 0.1) is 6.92 Å². The van der Waals surface area contributed by atoms with Crippen LogP contribution in [0.3, 0.4) is 0 Å². The SMILES string of the molecule is Cc1nnc(S[C@H](C)C(=O)Nc2ccc(Br)cc2)n1C1CC1. The molecule has 1 amide bonds. The van der Waals surface area contributed by atoms with Gasteiger partial charge in [-0.05, 0) is 51.0 Å². The van der Waals surface area contributed by atoms with Gasteiger partial charge in [0.15, 0.2) is 5.16 Å². The molecule has 0 unspecified atom stereocenters. The van der Waals surface area contributed by atoms with E-state index < -0.39 is 0 Å². The maximum atomic E-state index is 12.3. The molecule has 1 aromatic heterocycles. The van der Waals surface area contributed by atoms with Crippen LogP contribution in [0.15, 0.2) is 33.9 Å². The molecule has 22 heavy (non-hydrogen) atoms. The van der Waals surface area contributed by atoms with E-state index in [0.29, 0.717) is 6.04 Å². The van der Waals surface area contributed by atoms with Crippen LogP contribution in [-0.2, 0) is 4.79 Å².